The van der Waals surface area contributed by atoms with Crippen LogP contribution in [-0.2, 0) is 9.59 Å². The molecule has 2 aromatic carbocycles. The molecule has 1 amide bonds. The molecule has 1 N–H and O–H groups in total. The molecule has 2 aromatic rings. The standard InChI is InChI=1S/C26H32N2O4/c1-6-32-21-13-12-20(16-18(21)3)24(29)22-23(19-10-8-17(2)9-11-19)28(26(31)25(22)30)15-7-14-27(4)5/h8-13,16,23,29H,6-7,14-15H2,1-5H3/t23-/m0/s1. The van der Waals surface area contributed by atoms with E-state index in [1.54, 1.807) is 23.1 Å². The second-order valence-electron chi connectivity index (χ2n) is 8.47. The summed E-state index contributed by atoms with van der Waals surface area (Å²) in [5.41, 5.74) is 3.37. The van der Waals surface area contributed by atoms with E-state index in [1.807, 2.05) is 64.0 Å². The molecule has 1 saturated heterocycles. The summed E-state index contributed by atoms with van der Waals surface area (Å²) < 4.78 is 5.59. The van der Waals surface area contributed by atoms with Crippen LogP contribution in [0.5, 0.6) is 5.75 Å². The smallest absolute Gasteiger partial charge is 0.295 e. The highest BCUT2D eigenvalue weighted by Crippen LogP contribution is 2.40. The number of carbonyl (C=O) groups excluding carboxylic acids is 2. The van der Waals surface area contributed by atoms with Crippen LogP contribution in [-0.4, -0.2) is 60.4 Å². The second-order valence-corrected chi connectivity index (χ2v) is 8.47. The van der Waals surface area contributed by atoms with Gasteiger partial charge in [0.2, 0.25) is 0 Å². The lowest BCUT2D eigenvalue weighted by Crippen LogP contribution is -2.32. The number of likely N-dealkylation sites (tertiary alicyclic amines) is 1. The molecule has 6 nitrogen and oxygen atoms in total. The third-order valence-corrected chi connectivity index (χ3v) is 5.69. The van der Waals surface area contributed by atoms with E-state index in [4.69, 9.17) is 4.74 Å². The lowest BCUT2D eigenvalue weighted by atomic mass is 9.94. The third-order valence-electron chi connectivity index (χ3n) is 5.69. The number of aryl methyl sites for hydroxylation is 2. The maximum atomic E-state index is 13.1. The van der Waals surface area contributed by atoms with Gasteiger partial charge in [0.25, 0.3) is 11.7 Å². The monoisotopic (exact) mass is 436 g/mol. The van der Waals surface area contributed by atoms with Crippen molar-refractivity contribution < 1.29 is 19.4 Å². The molecule has 1 aliphatic heterocycles. The fourth-order valence-electron chi connectivity index (χ4n) is 4.03. The maximum Gasteiger partial charge on any atom is 0.295 e. The van der Waals surface area contributed by atoms with Crippen LogP contribution in [0.15, 0.2) is 48.0 Å². The average molecular weight is 437 g/mol. The Kier molecular flexibility index (Phi) is 7.36. The first-order chi connectivity index (χ1) is 15.2. The van der Waals surface area contributed by atoms with Crippen LogP contribution in [0.1, 0.15) is 41.6 Å². The van der Waals surface area contributed by atoms with Crippen LogP contribution >= 0.6 is 0 Å². The molecule has 1 heterocycles. The molecule has 0 unspecified atom stereocenters. The zero-order chi connectivity index (χ0) is 23.4. The minimum Gasteiger partial charge on any atom is -0.507 e. The summed E-state index contributed by atoms with van der Waals surface area (Å²) in [6, 6.07) is 12.4. The zero-order valence-electron chi connectivity index (χ0n) is 19.5. The number of aliphatic hydroxyl groups is 1. The van der Waals surface area contributed by atoms with Crippen molar-refractivity contribution in [3.63, 3.8) is 0 Å². The number of ether oxygens (including phenoxy) is 1. The first kappa shape index (κ1) is 23.5. The number of ketones is 1. The van der Waals surface area contributed by atoms with Crippen molar-refractivity contribution in [1.29, 1.82) is 0 Å². The highest BCUT2D eigenvalue weighted by Gasteiger charge is 2.45. The largest absolute Gasteiger partial charge is 0.507 e. The Morgan fingerprint density at radius 3 is 2.38 bits per heavy atom. The molecular formula is C26H32N2O4. The summed E-state index contributed by atoms with van der Waals surface area (Å²) in [5, 5.41) is 11.2. The van der Waals surface area contributed by atoms with Gasteiger partial charge >= 0.3 is 0 Å². The highest BCUT2D eigenvalue weighted by atomic mass is 16.5. The fourth-order valence-corrected chi connectivity index (χ4v) is 4.03. The number of hydrogen-bond donors (Lipinski definition) is 1. The Balaban J connectivity index is 2.08. The van der Waals surface area contributed by atoms with Gasteiger partial charge in [-0.25, -0.2) is 0 Å². The van der Waals surface area contributed by atoms with E-state index in [-0.39, 0.29) is 11.3 Å². The predicted molar refractivity (Wildman–Crippen MR) is 126 cm³/mol. The van der Waals surface area contributed by atoms with Crippen molar-refractivity contribution in [1.82, 2.24) is 9.80 Å². The van der Waals surface area contributed by atoms with E-state index in [1.165, 1.54) is 0 Å². The van der Waals surface area contributed by atoms with E-state index in [2.05, 4.69) is 0 Å². The Morgan fingerprint density at radius 2 is 1.78 bits per heavy atom. The Labute approximate surface area is 190 Å². The molecule has 0 bridgehead atoms. The first-order valence-corrected chi connectivity index (χ1v) is 11.0. The average Bonchev–Trinajstić information content (AvgIpc) is 3.00. The summed E-state index contributed by atoms with van der Waals surface area (Å²) >= 11 is 0. The summed E-state index contributed by atoms with van der Waals surface area (Å²) in [6.07, 6.45) is 0.727. The lowest BCUT2D eigenvalue weighted by Gasteiger charge is -2.26. The van der Waals surface area contributed by atoms with E-state index in [0.717, 1.165) is 35.4 Å². The van der Waals surface area contributed by atoms with E-state index >= 15 is 0 Å². The van der Waals surface area contributed by atoms with Gasteiger partial charge in [-0.1, -0.05) is 29.8 Å². The summed E-state index contributed by atoms with van der Waals surface area (Å²) in [4.78, 5) is 29.7. The molecule has 0 spiro atoms. The summed E-state index contributed by atoms with van der Waals surface area (Å²) in [5.74, 6) is -0.651. The number of nitrogens with zero attached hydrogens (tertiary/aromatic N) is 2. The Hall–Kier alpha value is -3.12. The van der Waals surface area contributed by atoms with Crippen molar-refractivity contribution >= 4 is 17.4 Å². The van der Waals surface area contributed by atoms with Crippen LogP contribution in [0.25, 0.3) is 5.76 Å². The van der Waals surface area contributed by atoms with E-state index in [9.17, 15) is 14.7 Å². The number of carbonyl (C=O) groups is 2. The number of aliphatic hydroxyl groups excluding tert-OH is 1. The molecule has 0 saturated carbocycles. The number of benzene rings is 2. The first-order valence-electron chi connectivity index (χ1n) is 11.0. The molecule has 1 aliphatic rings. The quantitative estimate of drug-likeness (QED) is 0.384. The molecular weight excluding hydrogens is 404 g/mol. The molecule has 6 heteroatoms. The van der Waals surface area contributed by atoms with Crippen LogP contribution in [0.3, 0.4) is 0 Å². The SMILES string of the molecule is CCOc1ccc(C(O)=C2C(=O)C(=O)N(CCCN(C)C)[C@H]2c2ccc(C)cc2)cc1C. The van der Waals surface area contributed by atoms with Gasteiger partial charge in [0.15, 0.2) is 0 Å². The van der Waals surface area contributed by atoms with Crippen LogP contribution < -0.4 is 4.74 Å². The predicted octanol–water partition coefficient (Wildman–Crippen LogP) is 4.08. The van der Waals surface area contributed by atoms with Gasteiger partial charge < -0.3 is 19.6 Å². The van der Waals surface area contributed by atoms with Gasteiger partial charge in [0.05, 0.1) is 18.2 Å². The van der Waals surface area contributed by atoms with Gasteiger partial charge in [0, 0.05) is 12.1 Å². The van der Waals surface area contributed by atoms with Gasteiger partial charge in [0.1, 0.15) is 11.5 Å². The molecule has 1 fully saturated rings. The molecule has 0 aromatic heterocycles. The van der Waals surface area contributed by atoms with Crippen molar-refractivity contribution in [2.24, 2.45) is 0 Å². The second kappa shape index (κ2) is 10.0. The Morgan fingerprint density at radius 1 is 1.09 bits per heavy atom. The number of rotatable bonds is 8. The topological polar surface area (TPSA) is 70.1 Å². The molecule has 3 rings (SSSR count). The minimum absolute atomic E-state index is 0.132. The van der Waals surface area contributed by atoms with E-state index in [0.29, 0.717) is 18.7 Å². The molecule has 0 radical (unpaired) electrons. The van der Waals surface area contributed by atoms with Crippen molar-refractivity contribution in [2.45, 2.75) is 33.2 Å². The summed E-state index contributed by atoms with van der Waals surface area (Å²) in [7, 11) is 3.94. The van der Waals surface area contributed by atoms with Crippen molar-refractivity contribution in [3.05, 3.63) is 70.3 Å². The highest BCUT2D eigenvalue weighted by molar-refractivity contribution is 6.46. The number of hydrogen-bond acceptors (Lipinski definition) is 5. The summed E-state index contributed by atoms with van der Waals surface area (Å²) in [6.45, 7) is 7.55. The maximum absolute atomic E-state index is 13.1. The molecule has 0 aliphatic carbocycles. The van der Waals surface area contributed by atoms with E-state index < -0.39 is 17.7 Å². The van der Waals surface area contributed by atoms with Gasteiger partial charge in [-0.05, 0) is 77.2 Å². The van der Waals surface area contributed by atoms with Gasteiger partial charge in [-0.3, -0.25) is 9.59 Å². The van der Waals surface area contributed by atoms with Crippen molar-refractivity contribution in [2.75, 3.05) is 33.8 Å². The Bertz CT molecular complexity index is 1020. The molecule has 170 valence electrons. The minimum atomic E-state index is -0.649. The normalized spacial score (nSPS) is 17.9. The lowest BCUT2D eigenvalue weighted by molar-refractivity contribution is -0.139. The zero-order valence-corrected chi connectivity index (χ0v) is 19.5. The fraction of sp³-hybridized carbons (Fsp3) is 0.385. The molecule has 1 atom stereocenters. The van der Waals surface area contributed by atoms with Crippen LogP contribution in [0.4, 0.5) is 0 Å². The van der Waals surface area contributed by atoms with Gasteiger partial charge in [-0.2, -0.15) is 0 Å². The third kappa shape index (κ3) is 4.86. The van der Waals surface area contributed by atoms with Crippen LogP contribution in [0, 0.1) is 13.8 Å². The number of Topliss-reactive ketones (excluding diaryl/α,β-unsaturated/α-hetero) is 1. The number of amides is 1. The van der Waals surface area contributed by atoms with Crippen molar-refractivity contribution in [3.8, 4) is 5.75 Å². The van der Waals surface area contributed by atoms with Gasteiger partial charge in [-0.15, -0.1) is 0 Å². The van der Waals surface area contributed by atoms with Crippen LogP contribution in [0.2, 0.25) is 0 Å². The molecule has 32 heavy (non-hydrogen) atoms.